The van der Waals surface area contributed by atoms with Gasteiger partial charge in [0.1, 0.15) is 5.75 Å². The highest BCUT2D eigenvalue weighted by molar-refractivity contribution is 7.92. The number of para-hydroxylation sites is 1. The number of carbonyl (C=O) groups is 1. The van der Waals surface area contributed by atoms with Crippen LogP contribution in [0.4, 0.5) is 5.69 Å². The Morgan fingerprint density at radius 3 is 2.26 bits per heavy atom. The maximum Gasteiger partial charge on any atom is 0.264 e. The first-order valence-electron chi connectivity index (χ1n) is 9.97. The molecule has 0 saturated carbocycles. The zero-order valence-electron chi connectivity index (χ0n) is 17.8. The molecule has 0 aliphatic carbocycles. The molecule has 162 valence electrons. The quantitative estimate of drug-likeness (QED) is 0.573. The summed E-state index contributed by atoms with van der Waals surface area (Å²) in [6.07, 6.45) is 0. The number of nitrogens with one attached hydrogen (secondary N) is 1. The van der Waals surface area contributed by atoms with E-state index >= 15 is 0 Å². The summed E-state index contributed by atoms with van der Waals surface area (Å²) in [5, 5.41) is 2.87. The predicted molar refractivity (Wildman–Crippen MR) is 122 cm³/mol. The first kappa shape index (κ1) is 22.4. The highest BCUT2D eigenvalue weighted by Crippen LogP contribution is 2.23. The minimum absolute atomic E-state index is 0.218. The molecule has 0 saturated heterocycles. The Kier molecular flexibility index (Phi) is 6.97. The van der Waals surface area contributed by atoms with Gasteiger partial charge >= 0.3 is 0 Å². The SMILES string of the molecule is CCOc1ccccc1CNC(=O)c1ccc(N(C)S(=O)(=O)c2ccc(C)cc2)cc1. The number of anilines is 1. The molecule has 0 unspecified atom stereocenters. The van der Waals surface area contributed by atoms with Crippen LogP contribution in [0.3, 0.4) is 0 Å². The van der Waals surface area contributed by atoms with Crippen molar-refractivity contribution in [1.82, 2.24) is 5.32 Å². The Morgan fingerprint density at radius 1 is 0.968 bits per heavy atom. The minimum Gasteiger partial charge on any atom is -0.494 e. The van der Waals surface area contributed by atoms with Gasteiger partial charge in [-0.15, -0.1) is 0 Å². The van der Waals surface area contributed by atoms with Crippen LogP contribution in [0.5, 0.6) is 5.75 Å². The molecule has 0 spiro atoms. The molecule has 31 heavy (non-hydrogen) atoms. The number of carbonyl (C=O) groups excluding carboxylic acids is 1. The van der Waals surface area contributed by atoms with Crippen molar-refractivity contribution in [2.75, 3.05) is 18.0 Å². The van der Waals surface area contributed by atoms with Gasteiger partial charge in [0.2, 0.25) is 0 Å². The maximum atomic E-state index is 12.8. The van der Waals surface area contributed by atoms with E-state index in [9.17, 15) is 13.2 Å². The van der Waals surface area contributed by atoms with E-state index in [4.69, 9.17) is 4.74 Å². The van der Waals surface area contributed by atoms with Crippen LogP contribution in [0.2, 0.25) is 0 Å². The zero-order valence-corrected chi connectivity index (χ0v) is 18.6. The summed E-state index contributed by atoms with van der Waals surface area (Å²) in [5.41, 5.74) is 2.79. The normalized spacial score (nSPS) is 11.1. The topological polar surface area (TPSA) is 75.7 Å². The van der Waals surface area contributed by atoms with Gasteiger partial charge in [0.05, 0.1) is 17.2 Å². The fourth-order valence-corrected chi connectivity index (χ4v) is 4.25. The zero-order chi connectivity index (χ0) is 22.4. The molecule has 7 heteroatoms. The average molecular weight is 439 g/mol. The summed E-state index contributed by atoms with van der Waals surface area (Å²) in [6.45, 7) is 4.69. The largest absolute Gasteiger partial charge is 0.494 e. The predicted octanol–water partition coefficient (Wildman–Crippen LogP) is 4.15. The van der Waals surface area contributed by atoms with Gasteiger partial charge in [0, 0.05) is 24.7 Å². The fraction of sp³-hybridized carbons (Fsp3) is 0.208. The van der Waals surface area contributed by atoms with Crippen LogP contribution in [0, 0.1) is 6.92 Å². The highest BCUT2D eigenvalue weighted by atomic mass is 32.2. The number of amides is 1. The van der Waals surface area contributed by atoms with Crippen molar-refractivity contribution in [2.45, 2.75) is 25.3 Å². The molecule has 0 aliphatic heterocycles. The van der Waals surface area contributed by atoms with Gasteiger partial charge in [-0.3, -0.25) is 9.10 Å². The summed E-state index contributed by atoms with van der Waals surface area (Å²) in [6, 6.07) is 20.7. The number of aryl methyl sites for hydroxylation is 1. The van der Waals surface area contributed by atoms with E-state index in [0.717, 1.165) is 16.9 Å². The molecule has 3 aromatic rings. The van der Waals surface area contributed by atoms with Crippen LogP contribution in [-0.4, -0.2) is 28.0 Å². The first-order valence-corrected chi connectivity index (χ1v) is 11.4. The van der Waals surface area contributed by atoms with Crippen LogP contribution >= 0.6 is 0 Å². The Morgan fingerprint density at radius 2 is 1.61 bits per heavy atom. The highest BCUT2D eigenvalue weighted by Gasteiger charge is 2.21. The van der Waals surface area contributed by atoms with Crippen molar-refractivity contribution < 1.29 is 17.9 Å². The van der Waals surface area contributed by atoms with E-state index in [0.29, 0.717) is 24.4 Å². The summed E-state index contributed by atoms with van der Waals surface area (Å²) in [7, 11) is -2.18. The monoisotopic (exact) mass is 438 g/mol. The number of ether oxygens (including phenoxy) is 1. The molecule has 0 heterocycles. The lowest BCUT2D eigenvalue weighted by atomic mass is 10.1. The van der Waals surface area contributed by atoms with Crippen LogP contribution < -0.4 is 14.4 Å². The number of rotatable bonds is 8. The Hall–Kier alpha value is -3.32. The first-order chi connectivity index (χ1) is 14.8. The molecule has 0 fully saturated rings. The van der Waals surface area contributed by atoms with Gasteiger partial charge in [-0.2, -0.15) is 0 Å². The van der Waals surface area contributed by atoms with Gasteiger partial charge in [0.15, 0.2) is 0 Å². The molecule has 0 aliphatic rings. The van der Waals surface area contributed by atoms with Gasteiger partial charge in [0.25, 0.3) is 15.9 Å². The lowest BCUT2D eigenvalue weighted by molar-refractivity contribution is 0.0950. The van der Waals surface area contributed by atoms with Crippen LogP contribution in [0.15, 0.2) is 77.7 Å². The van der Waals surface area contributed by atoms with Gasteiger partial charge in [-0.1, -0.05) is 35.9 Å². The van der Waals surface area contributed by atoms with E-state index in [1.54, 1.807) is 48.5 Å². The van der Waals surface area contributed by atoms with Gasteiger partial charge in [-0.25, -0.2) is 8.42 Å². The average Bonchev–Trinajstić information content (AvgIpc) is 2.78. The van der Waals surface area contributed by atoms with Crippen molar-refractivity contribution >= 4 is 21.6 Å². The summed E-state index contributed by atoms with van der Waals surface area (Å²) >= 11 is 0. The third-order valence-electron chi connectivity index (χ3n) is 4.88. The van der Waals surface area contributed by atoms with Crippen LogP contribution in [0.1, 0.15) is 28.4 Å². The molecular weight excluding hydrogens is 412 g/mol. The van der Waals surface area contributed by atoms with Crippen molar-refractivity contribution in [3.63, 3.8) is 0 Å². The van der Waals surface area contributed by atoms with Gasteiger partial charge in [-0.05, 0) is 56.3 Å². The van der Waals surface area contributed by atoms with E-state index < -0.39 is 10.0 Å². The molecule has 0 bridgehead atoms. The molecule has 3 rings (SSSR count). The third-order valence-corrected chi connectivity index (χ3v) is 6.68. The molecule has 0 aromatic heterocycles. The minimum atomic E-state index is -3.68. The van der Waals surface area contributed by atoms with E-state index in [2.05, 4.69) is 5.32 Å². The second kappa shape index (κ2) is 9.66. The summed E-state index contributed by atoms with van der Waals surface area (Å²) in [5.74, 6) is 0.491. The van der Waals surface area contributed by atoms with E-state index in [1.165, 1.54) is 11.4 Å². The number of hydrogen-bond acceptors (Lipinski definition) is 4. The molecule has 1 N–H and O–H groups in total. The maximum absolute atomic E-state index is 12.8. The number of nitrogens with zero attached hydrogens (tertiary/aromatic N) is 1. The summed E-state index contributed by atoms with van der Waals surface area (Å²) in [4.78, 5) is 12.8. The lowest BCUT2D eigenvalue weighted by Crippen LogP contribution is -2.27. The van der Waals surface area contributed by atoms with Crippen LogP contribution in [-0.2, 0) is 16.6 Å². The Labute approximate surface area is 183 Å². The Bertz CT molecular complexity index is 1140. The second-order valence-corrected chi connectivity index (χ2v) is 9.03. The van der Waals surface area contributed by atoms with E-state index in [1.807, 2.05) is 38.1 Å². The summed E-state index contributed by atoms with van der Waals surface area (Å²) < 4.78 is 32.5. The smallest absolute Gasteiger partial charge is 0.264 e. The second-order valence-electron chi connectivity index (χ2n) is 7.06. The molecule has 0 radical (unpaired) electrons. The van der Waals surface area contributed by atoms with Crippen LogP contribution in [0.25, 0.3) is 0 Å². The molecule has 0 atom stereocenters. The van der Waals surface area contributed by atoms with Crippen molar-refractivity contribution in [1.29, 1.82) is 0 Å². The number of sulfonamides is 1. The Balaban J connectivity index is 1.69. The number of hydrogen-bond donors (Lipinski definition) is 1. The number of benzene rings is 3. The van der Waals surface area contributed by atoms with E-state index in [-0.39, 0.29) is 10.8 Å². The van der Waals surface area contributed by atoms with Crippen molar-refractivity contribution in [3.8, 4) is 5.75 Å². The third kappa shape index (κ3) is 5.24. The van der Waals surface area contributed by atoms with Gasteiger partial charge < -0.3 is 10.1 Å². The molecule has 3 aromatic carbocycles. The van der Waals surface area contributed by atoms with Crippen molar-refractivity contribution in [3.05, 3.63) is 89.5 Å². The lowest BCUT2D eigenvalue weighted by Gasteiger charge is -2.20. The standard InChI is InChI=1S/C24H26N2O4S/c1-4-30-23-8-6-5-7-20(23)17-25-24(27)19-11-13-21(14-12-19)26(3)31(28,29)22-15-9-18(2)10-16-22/h5-16H,4,17H2,1-3H3,(H,25,27). The van der Waals surface area contributed by atoms with Crippen molar-refractivity contribution in [2.24, 2.45) is 0 Å². The molecule has 1 amide bonds. The fourth-order valence-electron chi connectivity index (χ4n) is 3.05. The molecular formula is C24H26N2O4S. The molecule has 6 nitrogen and oxygen atoms in total.